The normalized spacial score (nSPS) is 19.9. The van der Waals surface area contributed by atoms with E-state index < -0.39 is 28.9 Å². The molecule has 0 saturated carbocycles. The number of quaternary nitrogens is 1. The van der Waals surface area contributed by atoms with Crippen LogP contribution in [0.5, 0.6) is 0 Å². The molecule has 4 rings (SSSR count). The van der Waals surface area contributed by atoms with Crippen molar-refractivity contribution in [1.29, 1.82) is 0 Å². The third-order valence-corrected chi connectivity index (χ3v) is 6.97. The quantitative estimate of drug-likeness (QED) is 0.393. The Morgan fingerprint density at radius 2 is 1.51 bits per heavy atom. The number of primary amides is 1. The van der Waals surface area contributed by atoms with Crippen LogP contribution < -0.4 is 5.73 Å². The molecule has 3 aromatic carbocycles. The highest BCUT2D eigenvalue weighted by Crippen LogP contribution is 2.45. The van der Waals surface area contributed by atoms with Crippen molar-refractivity contribution in [2.75, 3.05) is 26.7 Å². The molecule has 2 N–H and O–H groups in total. The maximum Gasteiger partial charge on any atom is 0.362 e. The first-order valence-corrected chi connectivity index (χ1v) is 11.6. The number of rotatable bonds is 8. The van der Waals surface area contributed by atoms with Gasteiger partial charge in [0.25, 0.3) is 0 Å². The van der Waals surface area contributed by atoms with Crippen molar-refractivity contribution < 1.29 is 27.6 Å². The summed E-state index contributed by atoms with van der Waals surface area (Å²) in [4.78, 5) is 25.9. The molecule has 0 spiro atoms. The third kappa shape index (κ3) is 5.10. The van der Waals surface area contributed by atoms with E-state index in [4.69, 9.17) is 10.5 Å². The zero-order chi connectivity index (χ0) is 25.1. The molecule has 1 aliphatic heterocycles. The zero-order valence-electron chi connectivity index (χ0n) is 19.6. The minimum Gasteiger partial charge on any atom is -0.457 e. The summed E-state index contributed by atoms with van der Waals surface area (Å²) >= 11 is 0. The van der Waals surface area contributed by atoms with Crippen LogP contribution in [0.2, 0.25) is 0 Å². The van der Waals surface area contributed by atoms with Crippen LogP contribution in [0, 0.1) is 17.6 Å². The minimum atomic E-state index is -1.04. The van der Waals surface area contributed by atoms with E-state index in [-0.39, 0.29) is 24.6 Å². The van der Waals surface area contributed by atoms with Crippen LogP contribution in [-0.2, 0) is 26.3 Å². The fraction of sp³-hybridized carbons (Fsp3) is 0.286. The number of hydrogen-bond donors (Lipinski definition) is 1. The Morgan fingerprint density at radius 1 is 0.971 bits per heavy atom. The molecule has 0 aliphatic carbocycles. The van der Waals surface area contributed by atoms with Crippen molar-refractivity contribution in [1.82, 2.24) is 0 Å². The zero-order valence-corrected chi connectivity index (χ0v) is 19.6. The molecular weight excluding hydrogens is 450 g/mol. The minimum absolute atomic E-state index is 0.0761. The molecule has 0 aromatic heterocycles. The second-order valence-electron chi connectivity index (χ2n) is 9.51. The maximum absolute atomic E-state index is 13.4. The monoisotopic (exact) mass is 479 g/mol. The van der Waals surface area contributed by atoms with E-state index in [1.165, 1.54) is 0 Å². The van der Waals surface area contributed by atoms with Crippen molar-refractivity contribution in [3.05, 3.63) is 107 Å². The van der Waals surface area contributed by atoms with Gasteiger partial charge in [0.2, 0.25) is 5.91 Å². The lowest BCUT2D eigenvalue weighted by Crippen LogP contribution is -2.52. The number of amides is 1. The van der Waals surface area contributed by atoms with Gasteiger partial charge in [-0.2, -0.15) is 0 Å². The molecule has 182 valence electrons. The van der Waals surface area contributed by atoms with Gasteiger partial charge in [0, 0.05) is 18.4 Å². The predicted octanol–water partition coefficient (Wildman–Crippen LogP) is 3.95. The second kappa shape index (κ2) is 9.96. The Morgan fingerprint density at radius 3 is 2.03 bits per heavy atom. The molecule has 2 unspecified atom stereocenters. The highest BCUT2D eigenvalue weighted by Gasteiger charge is 2.53. The van der Waals surface area contributed by atoms with Crippen molar-refractivity contribution in [3.63, 3.8) is 0 Å². The molecule has 0 radical (unpaired) electrons. The molecule has 3 aromatic rings. The molecule has 1 amide bonds. The van der Waals surface area contributed by atoms with Crippen LogP contribution in [0.3, 0.4) is 0 Å². The first-order valence-electron chi connectivity index (χ1n) is 11.6. The van der Waals surface area contributed by atoms with Crippen molar-refractivity contribution in [3.8, 4) is 0 Å². The molecule has 1 aliphatic rings. The van der Waals surface area contributed by atoms with E-state index in [2.05, 4.69) is 0 Å². The lowest BCUT2D eigenvalue weighted by atomic mass is 9.64. The van der Waals surface area contributed by atoms with Gasteiger partial charge in [-0.3, -0.25) is 4.79 Å². The number of carbonyl (C=O) groups is 2. The van der Waals surface area contributed by atoms with Gasteiger partial charge < -0.3 is 15.0 Å². The molecule has 1 fully saturated rings. The number of nitrogens with two attached hydrogens (primary N) is 1. The van der Waals surface area contributed by atoms with Crippen molar-refractivity contribution >= 4 is 11.9 Å². The summed E-state index contributed by atoms with van der Waals surface area (Å²) in [6.07, 6.45) is 0.686. The van der Waals surface area contributed by atoms with Gasteiger partial charge in [-0.1, -0.05) is 60.7 Å². The Balaban J connectivity index is 1.55. The van der Waals surface area contributed by atoms with Gasteiger partial charge in [-0.25, -0.2) is 13.6 Å². The van der Waals surface area contributed by atoms with Crippen LogP contribution in [-0.4, -0.2) is 43.0 Å². The fourth-order valence-corrected chi connectivity index (χ4v) is 5.42. The fourth-order valence-electron chi connectivity index (χ4n) is 5.42. The number of likely N-dealkylation sites (N-methyl/N-ethyl adjacent to an activating group) is 1. The molecule has 35 heavy (non-hydrogen) atoms. The predicted molar refractivity (Wildman–Crippen MR) is 128 cm³/mol. The van der Waals surface area contributed by atoms with E-state index in [1.54, 1.807) is 0 Å². The number of nitrogens with zero attached hydrogens (tertiary/aromatic N) is 1. The average molecular weight is 480 g/mol. The van der Waals surface area contributed by atoms with E-state index in [1.807, 2.05) is 67.7 Å². The number of hydrogen-bond acceptors (Lipinski definition) is 3. The van der Waals surface area contributed by atoms with Crippen LogP contribution >= 0.6 is 0 Å². The highest BCUT2D eigenvalue weighted by molar-refractivity contribution is 5.91. The maximum atomic E-state index is 13.4. The number of esters is 1. The lowest BCUT2D eigenvalue weighted by molar-refractivity contribution is -0.892. The number of carbonyl (C=O) groups excluding carboxylic acids is 2. The van der Waals surface area contributed by atoms with Crippen LogP contribution in [0.4, 0.5) is 8.78 Å². The summed E-state index contributed by atoms with van der Waals surface area (Å²) in [6.45, 7) is 1.06. The largest absolute Gasteiger partial charge is 0.457 e. The van der Waals surface area contributed by atoms with Gasteiger partial charge in [-0.15, -0.1) is 0 Å². The smallest absolute Gasteiger partial charge is 0.362 e. The lowest BCUT2D eigenvalue weighted by Gasteiger charge is -2.38. The number of ether oxygens (including phenoxy) is 1. The van der Waals surface area contributed by atoms with E-state index in [0.29, 0.717) is 24.0 Å². The van der Waals surface area contributed by atoms with Gasteiger partial charge >= 0.3 is 5.97 Å². The van der Waals surface area contributed by atoms with E-state index >= 15 is 0 Å². The third-order valence-electron chi connectivity index (χ3n) is 6.97. The highest BCUT2D eigenvalue weighted by atomic mass is 19.1. The SMILES string of the molecule is C[N+]1(CC(=O)OCc2cc(F)cc(F)c2)CCC(C(C(N)=O)(c2ccccc2)c2ccccc2)C1. The number of benzene rings is 3. The van der Waals surface area contributed by atoms with Gasteiger partial charge in [0.1, 0.15) is 23.7 Å². The summed E-state index contributed by atoms with van der Waals surface area (Å²) in [6, 6.07) is 22.1. The first kappa shape index (κ1) is 24.5. The summed E-state index contributed by atoms with van der Waals surface area (Å²) in [5.74, 6) is -2.48. The molecule has 5 nitrogen and oxygen atoms in total. The molecule has 2 atom stereocenters. The summed E-state index contributed by atoms with van der Waals surface area (Å²) in [5, 5.41) is 0. The van der Waals surface area contributed by atoms with Gasteiger partial charge in [0.05, 0.1) is 20.1 Å². The molecule has 1 saturated heterocycles. The van der Waals surface area contributed by atoms with Crippen LogP contribution in [0.15, 0.2) is 78.9 Å². The molecule has 0 bridgehead atoms. The Kier molecular flexibility index (Phi) is 6.98. The second-order valence-corrected chi connectivity index (χ2v) is 9.51. The van der Waals surface area contributed by atoms with Crippen LogP contribution in [0.1, 0.15) is 23.1 Å². The number of halogens is 2. The van der Waals surface area contributed by atoms with E-state index in [9.17, 15) is 18.4 Å². The van der Waals surface area contributed by atoms with E-state index in [0.717, 1.165) is 29.3 Å². The van der Waals surface area contributed by atoms with Crippen molar-refractivity contribution in [2.45, 2.75) is 18.4 Å². The number of likely N-dealkylation sites (tertiary alicyclic amines) is 1. The Bertz CT molecular complexity index is 1140. The molecule has 7 heteroatoms. The molecule has 1 heterocycles. The molecular formula is C28H29F2N2O3+. The standard InChI is InChI=1S/C28H28F2N2O3/c1-32(18-26(33)35-19-20-14-24(29)16-25(30)15-20)13-12-23(17-32)28(27(31)34,21-8-4-2-5-9-21)22-10-6-3-7-11-22/h2-11,14-16,23H,12-13,17-19H2,1H3,(H-,31,34)/p+1. The van der Waals surface area contributed by atoms with Crippen molar-refractivity contribution in [2.24, 2.45) is 11.7 Å². The van der Waals surface area contributed by atoms with Crippen LogP contribution in [0.25, 0.3) is 0 Å². The van der Waals surface area contributed by atoms with Gasteiger partial charge in [0.15, 0.2) is 6.54 Å². The van der Waals surface area contributed by atoms with Gasteiger partial charge in [-0.05, 0) is 28.8 Å². The summed E-state index contributed by atoms with van der Waals surface area (Å²) < 4.78 is 32.5. The Hall–Kier alpha value is -3.58. The topological polar surface area (TPSA) is 69.4 Å². The first-order chi connectivity index (χ1) is 16.7. The summed E-state index contributed by atoms with van der Waals surface area (Å²) in [5.41, 5.74) is 7.01. The Labute approximate surface area is 203 Å². The summed E-state index contributed by atoms with van der Waals surface area (Å²) in [7, 11) is 1.95. The average Bonchev–Trinajstić information content (AvgIpc) is 3.20.